The maximum absolute atomic E-state index is 12.3. The van der Waals surface area contributed by atoms with E-state index in [2.05, 4.69) is 21.9 Å². The van der Waals surface area contributed by atoms with E-state index in [0.29, 0.717) is 17.7 Å². The predicted octanol–water partition coefficient (Wildman–Crippen LogP) is 5.57. The molecule has 5 nitrogen and oxygen atoms in total. The van der Waals surface area contributed by atoms with Crippen LogP contribution in [0.5, 0.6) is 5.75 Å². The summed E-state index contributed by atoms with van der Waals surface area (Å²) in [6, 6.07) is 14.3. The fraction of sp³-hybridized carbons (Fsp3) is 0.240. The number of rotatable bonds is 4. The van der Waals surface area contributed by atoms with Crippen molar-refractivity contribution in [2.45, 2.75) is 24.9 Å². The summed E-state index contributed by atoms with van der Waals surface area (Å²) in [6.45, 7) is 0. The van der Waals surface area contributed by atoms with Crippen molar-refractivity contribution < 1.29 is 32.2 Å². The summed E-state index contributed by atoms with van der Waals surface area (Å²) in [6.07, 6.45) is -1.21. The van der Waals surface area contributed by atoms with Gasteiger partial charge < -0.3 is 19.5 Å². The first kappa shape index (κ1) is 22.3. The van der Waals surface area contributed by atoms with Gasteiger partial charge in [0.05, 0.1) is 13.2 Å². The predicted molar refractivity (Wildman–Crippen MR) is 114 cm³/mol. The van der Waals surface area contributed by atoms with E-state index in [0.717, 1.165) is 11.1 Å². The number of ether oxygens (including phenoxy) is 3. The molecule has 0 saturated carbocycles. The van der Waals surface area contributed by atoms with Crippen LogP contribution in [-0.4, -0.2) is 19.6 Å². The molecular weight excluding hydrogens is 435 g/mol. The number of halogens is 3. The van der Waals surface area contributed by atoms with Crippen molar-refractivity contribution in [1.82, 2.24) is 5.32 Å². The minimum atomic E-state index is -4.71. The van der Waals surface area contributed by atoms with Gasteiger partial charge in [0, 0.05) is 11.5 Å². The number of alkyl halides is 3. The highest BCUT2D eigenvalue weighted by Gasteiger charge is 2.36. The second-order valence-corrected chi connectivity index (χ2v) is 7.47. The lowest BCUT2D eigenvalue weighted by Gasteiger charge is -2.18. The van der Waals surface area contributed by atoms with Gasteiger partial charge in [0.25, 0.3) is 0 Å². The second-order valence-electron chi connectivity index (χ2n) is 7.47. The molecule has 1 aliphatic heterocycles. The Morgan fingerprint density at radius 1 is 1.12 bits per heavy atom. The molecule has 1 aliphatic carbocycles. The van der Waals surface area contributed by atoms with E-state index in [1.165, 1.54) is 12.2 Å². The molecule has 1 amide bonds. The van der Waals surface area contributed by atoms with E-state index in [1.807, 2.05) is 48.5 Å². The van der Waals surface area contributed by atoms with Crippen LogP contribution in [0.1, 0.15) is 35.3 Å². The molecule has 2 aliphatic rings. The highest BCUT2D eigenvalue weighted by atomic mass is 19.4. The van der Waals surface area contributed by atoms with E-state index in [-0.39, 0.29) is 11.7 Å². The summed E-state index contributed by atoms with van der Waals surface area (Å²) >= 11 is 0. The summed E-state index contributed by atoms with van der Waals surface area (Å²) in [4.78, 5) is 12.0. The monoisotopic (exact) mass is 455 g/mol. The van der Waals surface area contributed by atoms with Crippen LogP contribution >= 0.6 is 0 Å². The Bertz CT molecular complexity index is 1160. The Labute approximate surface area is 188 Å². The van der Waals surface area contributed by atoms with Crippen molar-refractivity contribution in [3.8, 4) is 17.6 Å². The molecule has 1 N–H and O–H groups in total. The minimum absolute atomic E-state index is 0.228. The van der Waals surface area contributed by atoms with Gasteiger partial charge in [0.1, 0.15) is 11.5 Å². The van der Waals surface area contributed by atoms with Gasteiger partial charge in [-0.05, 0) is 54.0 Å². The molecule has 33 heavy (non-hydrogen) atoms. The third-order valence-corrected chi connectivity index (χ3v) is 5.18. The SMILES string of the molecule is COc1cccc([C@H]2OC(=O)N[C@@H]2c2cccc(C#CC3C=CC(OC(F)(F)F)=CC3)c2)c1. The summed E-state index contributed by atoms with van der Waals surface area (Å²) in [7, 11) is 1.57. The zero-order chi connectivity index (χ0) is 23.4. The van der Waals surface area contributed by atoms with Gasteiger partial charge in [0.2, 0.25) is 0 Å². The van der Waals surface area contributed by atoms with Crippen LogP contribution in [0.2, 0.25) is 0 Å². The quantitative estimate of drug-likeness (QED) is 0.613. The number of methoxy groups -OCH3 is 1. The molecule has 1 heterocycles. The maximum atomic E-state index is 12.3. The van der Waals surface area contributed by atoms with E-state index in [4.69, 9.17) is 9.47 Å². The van der Waals surface area contributed by atoms with Crippen molar-refractivity contribution in [2.24, 2.45) is 5.92 Å². The van der Waals surface area contributed by atoms with Crippen LogP contribution < -0.4 is 10.1 Å². The number of cyclic esters (lactones) is 1. The third kappa shape index (κ3) is 5.69. The second kappa shape index (κ2) is 9.33. The van der Waals surface area contributed by atoms with Gasteiger partial charge in [-0.1, -0.05) is 42.2 Å². The van der Waals surface area contributed by atoms with E-state index in [9.17, 15) is 18.0 Å². The molecule has 1 unspecified atom stereocenters. The molecule has 170 valence electrons. The Kier molecular flexibility index (Phi) is 6.31. The average Bonchev–Trinajstić information content (AvgIpc) is 3.19. The van der Waals surface area contributed by atoms with Gasteiger partial charge in [-0.15, -0.1) is 13.2 Å². The van der Waals surface area contributed by atoms with Crippen LogP contribution in [0.3, 0.4) is 0 Å². The molecule has 4 rings (SSSR count). The van der Waals surface area contributed by atoms with Crippen LogP contribution in [0.4, 0.5) is 18.0 Å². The van der Waals surface area contributed by atoms with Crippen molar-refractivity contribution in [3.63, 3.8) is 0 Å². The Morgan fingerprint density at radius 3 is 2.64 bits per heavy atom. The standard InChI is InChI=1S/C25H20F3NO4/c1-31-21-7-3-6-19(15-21)23-22(29-24(30)32-23)18-5-2-4-17(14-18)9-8-16-10-12-20(13-11-16)33-25(26,27)28/h2-7,10,12-16,22-23H,11H2,1H3,(H,29,30)/t16?,22-,23-/m1/s1. The van der Waals surface area contributed by atoms with Crippen LogP contribution in [0.25, 0.3) is 0 Å². The largest absolute Gasteiger partial charge is 0.573 e. The van der Waals surface area contributed by atoms with Crippen molar-refractivity contribution in [3.05, 3.63) is 89.2 Å². The zero-order valence-corrected chi connectivity index (χ0v) is 17.6. The zero-order valence-electron chi connectivity index (χ0n) is 17.6. The smallest absolute Gasteiger partial charge is 0.497 e. The number of nitrogens with one attached hydrogen (secondary N) is 1. The van der Waals surface area contributed by atoms with Gasteiger partial charge in [0.15, 0.2) is 6.10 Å². The molecule has 8 heteroatoms. The number of carbonyl (C=O) groups is 1. The Hall–Kier alpha value is -3.86. The lowest BCUT2D eigenvalue weighted by Crippen LogP contribution is -2.19. The van der Waals surface area contributed by atoms with Crippen molar-refractivity contribution in [2.75, 3.05) is 7.11 Å². The molecule has 1 saturated heterocycles. The highest BCUT2D eigenvalue weighted by molar-refractivity contribution is 5.71. The van der Waals surface area contributed by atoms with Crippen molar-refractivity contribution >= 4 is 6.09 Å². The average molecular weight is 455 g/mol. The minimum Gasteiger partial charge on any atom is -0.497 e. The molecule has 0 aromatic heterocycles. The normalized spacial score (nSPS) is 21.9. The third-order valence-electron chi connectivity index (χ3n) is 5.18. The van der Waals surface area contributed by atoms with E-state index >= 15 is 0 Å². The van der Waals surface area contributed by atoms with Crippen LogP contribution in [0, 0.1) is 17.8 Å². The van der Waals surface area contributed by atoms with Gasteiger partial charge >= 0.3 is 12.5 Å². The number of benzene rings is 2. The number of carbonyl (C=O) groups excluding carboxylic acids is 1. The Morgan fingerprint density at radius 2 is 1.91 bits per heavy atom. The summed E-state index contributed by atoms with van der Waals surface area (Å²) in [5, 5.41) is 2.84. The number of hydrogen-bond acceptors (Lipinski definition) is 4. The molecule has 2 aromatic carbocycles. The number of allylic oxidation sites excluding steroid dienone is 3. The molecule has 0 radical (unpaired) electrons. The molecule has 0 spiro atoms. The first-order valence-corrected chi connectivity index (χ1v) is 10.2. The van der Waals surface area contributed by atoms with E-state index in [1.54, 1.807) is 13.2 Å². The van der Waals surface area contributed by atoms with Gasteiger partial charge in [-0.3, -0.25) is 0 Å². The van der Waals surface area contributed by atoms with Gasteiger partial charge in [-0.25, -0.2) is 4.79 Å². The first-order chi connectivity index (χ1) is 15.8. The number of hydrogen-bond donors (Lipinski definition) is 1. The molecule has 3 atom stereocenters. The Balaban J connectivity index is 1.49. The van der Waals surface area contributed by atoms with Crippen LogP contribution in [-0.2, 0) is 9.47 Å². The molecular formula is C25H20F3NO4. The number of amides is 1. The van der Waals surface area contributed by atoms with Crippen LogP contribution in [0.15, 0.2) is 72.5 Å². The maximum Gasteiger partial charge on any atom is 0.573 e. The lowest BCUT2D eigenvalue weighted by molar-refractivity contribution is -0.303. The molecule has 2 aromatic rings. The first-order valence-electron chi connectivity index (χ1n) is 10.2. The number of alkyl carbamates (subject to hydrolysis) is 1. The van der Waals surface area contributed by atoms with Gasteiger partial charge in [-0.2, -0.15) is 0 Å². The summed E-state index contributed by atoms with van der Waals surface area (Å²) < 4.78 is 51.6. The fourth-order valence-electron chi connectivity index (χ4n) is 3.66. The topological polar surface area (TPSA) is 56.8 Å². The fourth-order valence-corrected chi connectivity index (χ4v) is 3.66. The lowest BCUT2D eigenvalue weighted by atomic mass is 9.95. The summed E-state index contributed by atoms with van der Waals surface area (Å²) in [5.41, 5.74) is 2.33. The summed E-state index contributed by atoms with van der Waals surface area (Å²) in [5.74, 6) is 6.31. The van der Waals surface area contributed by atoms with Crippen molar-refractivity contribution in [1.29, 1.82) is 0 Å². The van der Waals surface area contributed by atoms with E-state index < -0.39 is 24.6 Å². The molecule has 1 fully saturated rings. The highest BCUT2D eigenvalue weighted by Crippen LogP contribution is 2.38. The molecule has 0 bridgehead atoms.